The van der Waals surface area contributed by atoms with Gasteiger partial charge in [0.2, 0.25) is 0 Å². The van der Waals surface area contributed by atoms with E-state index in [9.17, 15) is 0 Å². The van der Waals surface area contributed by atoms with Crippen molar-refractivity contribution >= 4 is 10.8 Å². The summed E-state index contributed by atoms with van der Waals surface area (Å²) < 4.78 is 5.37. The van der Waals surface area contributed by atoms with Gasteiger partial charge in [-0.2, -0.15) is 0 Å². The summed E-state index contributed by atoms with van der Waals surface area (Å²) in [4.78, 5) is 0. The first-order valence-electron chi connectivity index (χ1n) is 5.82. The molecule has 0 unspecified atom stereocenters. The highest BCUT2D eigenvalue weighted by molar-refractivity contribution is 5.91. The van der Waals surface area contributed by atoms with Crippen molar-refractivity contribution in [1.82, 2.24) is 5.32 Å². The maximum Gasteiger partial charge on any atom is 0.126 e. The topological polar surface area (TPSA) is 47.3 Å². The van der Waals surface area contributed by atoms with Crippen molar-refractivity contribution < 1.29 is 4.74 Å². The molecule has 0 aromatic heterocycles. The number of hydrogen-bond acceptors (Lipinski definition) is 3. The van der Waals surface area contributed by atoms with E-state index < -0.39 is 0 Å². The fourth-order valence-electron chi connectivity index (χ4n) is 1.99. The molecule has 0 aliphatic heterocycles. The largest absolute Gasteiger partial charge is 0.496 e. The Bertz CT molecular complexity index is 497. The van der Waals surface area contributed by atoms with Crippen LogP contribution in [0.2, 0.25) is 0 Å². The third-order valence-corrected chi connectivity index (χ3v) is 2.83. The van der Waals surface area contributed by atoms with Crippen LogP contribution in [0.4, 0.5) is 0 Å². The Morgan fingerprint density at radius 2 is 1.88 bits per heavy atom. The highest BCUT2D eigenvalue weighted by Crippen LogP contribution is 2.28. The molecule has 0 spiro atoms. The van der Waals surface area contributed by atoms with Crippen LogP contribution in [0.25, 0.3) is 10.8 Å². The van der Waals surface area contributed by atoms with Gasteiger partial charge in [-0.25, -0.2) is 0 Å². The van der Waals surface area contributed by atoms with Crippen LogP contribution >= 0.6 is 0 Å². The van der Waals surface area contributed by atoms with E-state index in [1.165, 1.54) is 10.9 Å². The molecule has 0 aliphatic carbocycles. The minimum Gasteiger partial charge on any atom is -0.496 e. The van der Waals surface area contributed by atoms with Crippen LogP contribution < -0.4 is 15.8 Å². The van der Waals surface area contributed by atoms with Gasteiger partial charge in [-0.05, 0) is 17.0 Å². The SMILES string of the molecule is COc1ccc(CNCCN)c2ccccc12. The van der Waals surface area contributed by atoms with Crippen LogP contribution in [0.5, 0.6) is 5.75 Å². The number of fused-ring (bicyclic) bond motifs is 1. The van der Waals surface area contributed by atoms with Crippen LogP contribution in [0.3, 0.4) is 0 Å². The molecule has 2 aromatic carbocycles. The lowest BCUT2D eigenvalue weighted by Crippen LogP contribution is -2.21. The molecule has 0 bridgehead atoms. The lowest BCUT2D eigenvalue weighted by Gasteiger charge is -2.10. The number of benzene rings is 2. The molecular formula is C14H18N2O. The molecule has 0 fully saturated rings. The summed E-state index contributed by atoms with van der Waals surface area (Å²) in [5.74, 6) is 0.920. The van der Waals surface area contributed by atoms with Crippen molar-refractivity contribution in [1.29, 1.82) is 0 Å². The van der Waals surface area contributed by atoms with Crippen molar-refractivity contribution in [3.8, 4) is 5.75 Å². The van der Waals surface area contributed by atoms with Gasteiger partial charge in [0, 0.05) is 25.0 Å². The third kappa shape index (κ3) is 2.57. The standard InChI is InChI=1S/C14H18N2O/c1-17-14-7-6-11(10-16-9-8-15)12-4-2-3-5-13(12)14/h2-7,16H,8-10,15H2,1H3. The van der Waals surface area contributed by atoms with E-state index in [-0.39, 0.29) is 0 Å². The van der Waals surface area contributed by atoms with Crippen LogP contribution in [0.1, 0.15) is 5.56 Å². The van der Waals surface area contributed by atoms with Crippen molar-refractivity contribution in [3.63, 3.8) is 0 Å². The van der Waals surface area contributed by atoms with Crippen LogP contribution in [-0.2, 0) is 6.54 Å². The molecule has 2 aromatic rings. The van der Waals surface area contributed by atoms with E-state index in [0.29, 0.717) is 6.54 Å². The second-order valence-electron chi connectivity index (χ2n) is 3.94. The molecule has 3 heteroatoms. The van der Waals surface area contributed by atoms with E-state index in [0.717, 1.165) is 24.2 Å². The molecule has 17 heavy (non-hydrogen) atoms. The van der Waals surface area contributed by atoms with Gasteiger partial charge in [-0.1, -0.05) is 30.3 Å². The first-order chi connectivity index (χ1) is 8.36. The molecule has 0 heterocycles. The molecule has 3 N–H and O–H groups in total. The zero-order chi connectivity index (χ0) is 12.1. The first-order valence-corrected chi connectivity index (χ1v) is 5.82. The van der Waals surface area contributed by atoms with Gasteiger partial charge >= 0.3 is 0 Å². The summed E-state index contributed by atoms with van der Waals surface area (Å²) in [6.45, 7) is 2.33. The van der Waals surface area contributed by atoms with Crippen LogP contribution in [0, 0.1) is 0 Å². The van der Waals surface area contributed by atoms with Gasteiger partial charge in [0.1, 0.15) is 5.75 Å². The summed E-state index contributed by atoms with van der Waals surface area (Å²) >= 11 is 0. The Morgan fingerprint density at radius 3 is 2.59 bits per heavy atom. The van der Waals surface area contributed by atoms with Crippen LogP contribution in [0.15, 0.2) is 36.4 Å². The van der Waals surface area contributed by atoms with E-state index >= 15 is 0 Å². The zero-order valence-electron chi connectivity index (χ0n) is 10.1. The Morgan fingerprint density at radius 1 is 1.12 bits per heavy atom. The molecule has 0 atom stereocenters. The summed E-state index contributed by atoms with van der Waals surface area (Å²) in [6.07, 6.45) is 0. The van der Waals surface area contributed by atoms with Gasteiger partial charge in [-0.15, -0.1) is 0 Å². The third-order valence-electron chi connectivity index (χ3n) is 2.83. The number of rotatable bonds is 5. The summed E-state index contributed by atoms with van der Waals surface area (Å²) in [6, 6.07) is 12.4. The Balaban J connectivity index is 2.37. The first kappa shape index (κ1) is 11.9. The fraction of sp³-hybridized carbons (Fsp3) is 0.286. The molecule has 0 amide bonds. The van der Waals surface area contributed by atoms with Crippen LogP contribution in [-0.4, -0.2) is 20.2 Å². The summed E-state index contributed by atoms with van der Waals surface area (Å²) in [7, 11) is 1.70. The van der Waals surface area contributed by atoms with Gasteiger partial charge in [0.05, 0.1) is 7.11 Å². The second-order valence-corrected chi connectivity index (χ2v) is 3.94. The average molecular weight is 230 g/mol. The normalized spacial score (nSPS) is 10.7. The lowest BCUT2D eigenvalue weighted by molar-refractivity contribution is 0.419. The molecule has 0 radical (unpaired) electrons. The maximum absolute atomic E-state index is 5.47. The predicted molar refractivity (Wildman–Crippen MR) is 71.3 cm³/mol. The van der Waals surface area contributed by atoms with E-state index in [2.05, 4.69) is 23.5 Å². The van der Waals surface area contributed by atoms with Crippen molar-refractivity contribution in [2.45, 2.75) is 6.54 Å². The molecule has 0 saturated carbocycles. The predicted octanol–water partition coefficient (Wildman–Crippen LogP) is 1.90. The molecule has 90 valence electrons. The molecular weight excluding hydrogens is 212 g/mol. The highest BCUT2D eigenvalue weighted by Gasteiger charge is 2.04. The molecule has 0 saturated heterocycles. The number of nitrogens with two attached hydrogens (primary N) is 1. The number of ether oxygens (including phenoxy) is 1. The average Bonchev–Trinajstić information content (AvgIpc) is 2.39. The molecule has 3 nitrogen and oxygen atoms in total. The summed E-state index contributed by atoms with van der Waals surface area (Å²) in [5, 5.41) is 5.70. The van der Waals surface area contributed by atoms with Gasteiger partial charge in [0.25, 0.3) is 0 Å². The number of methoxy groups -OCH3 is 1. The minimum atomic E-state index is 0.661. The fourth-order valence-corrected chi connectivity index (χ4v) is 1.99. The minimum absolute atomic E-state index is 0.661. The lowest BCUT2D eigenvalue weighted by atomic mass is 10.0. The Labute approximate surface area is 102 Å². The van der Waals surface area contributed by atoms with Gasteiger partial charge in [0.15, 0.2) is 0 Å². The Hall–Kier alpha value is -1.58. The van der Waals surface area contributed by atoms with Gasteiger partial charge in [-0.3, -0.25) is 0 Å². The quantitative estimate of drug-likeness (QED) is 0.771. The maximum atomic E-state index is 5.47. The number of hydrogen-bond donors (Lipinski definition) is 2. The van der Waals surface area contributed by atoms with E-state index in [1.54, 1.807) is 7.11 Å². The smallest absolute Gasteiger partial charge is 0.126 e. The van der Waals surface area contributed by atoms with Gasteiger partial charge < -0.3 is 15.8 Å². The molecule has 0 aliphatic rings. The second kappa shape index (κ2) is 5.66. The number of nitrogens with one attached hydrogen (secondary N) is 1. The monoisotopic (exact) mass is 230 g/mol. The van der Waals surface area contributed by atoms with Crippen molar-refractivity contribution in [3.05, 3.63) is 42.0 Å². The van der Waals surface area contributed by atoms with Crippen molar-refractivity contribution in [2.24, 2.45) is 5.73 Å². The highest BCUT2D eigenvalue weighted by atomic mass is 16.5. The zero-order valence-corrected chi connectivity index (χ0v) is 10.1. The summed E-state index contributed by atoms with van der Waals surface area (Å²) in [5.41, 5.74) is 6.74. The Kier molecular flexibility index (Phi) is 3.96. The van der Waals surface area contributed by atoms with E-state index in [4.69, 9.17) is 10.5 Å². The van der Waals surface area contributed by atoms with Crippen molar-refractivity contribution in [2.75, 3.05) is 20.2 Å². The molecule has 2 rings (SSSR count). The van der Waals surface area contributed by atoms with E-state index in [1.807, 2.05) is 18.2 Å².